The number of benzene rings is 1. The Morgan fingerprint density at radius 1 is 1.25 bits per heavy atom. The smallest absolute Gasteiger partial charge is 0.242 e. The summed E-state index contributed by atoms with van der Waals surface area (Å²) < 4.78 is 0. The Bertz CT molecular complexity index is 469. The highest BCUT2D eigenvalue weighted by molar-refractivity contribution is 5.90. The number of rotatable bonds is 7. The van der Waals surface area contributed by atoms with Gasteiger partial charge in [0, 0.05) is 24.3 Å². The van der Waals surface area contributed by atoms with Crippen LogP contribution in [0.25, 0.3) is 0 Å². The summed E-state index contributed by atoms with van der Waals surface area (Å²) in [5.74, 6) is -0.115. The lowest BCUT2D eigenvalue weighted by molar-refractivity contribution is -0.121. The van der Waals surface area contributed by atoms with Crippen LogP contribution in [-0.4, -0.2) is 24.4 Å². The van der Waals surface area contributed by atoms with Crippen molar-refractivity contribution in [3.05, 3.63) is 36.9 Å². The molecule has 1 rings (SSSR count). The first-order valence-electron chi connectivity index (χ1n) is 6.62. The van der Waals surface area contributed by atoms with Gasteiger partial charge in [-0.2, -0.15) is 0 Å². The van der Waals surface area contributed by atoms with Gasteiger partial charge in [-0.25, -0.2) is 0 Å². The SMILES string of the molecule is C=CCNC(=O)[C@H](C)Nc1ccc(NC(=O)CC)cc1. The first-order valence-corrected chi connectivity index (χ1v) is 6.62. The van der Waals surface area contributed by atoms with E-state index in [2.05, 4.69) is 22.5 Å². The van der Waals surface area contributed by atoms with E-state index in [0.29, 0.717) is 13.0 Å². The number of nitrogens with one attached hydrogen (secondary N) is 3. The number of carbonyl (C=O) groups is 2. The average Bonchev–Trinajstić information content (AvgIpc) is 2.46. The molecule has 20 heavy (non-hydrogen) atoms. The number of hydrogen-bond acceptors (Lipinski definition) is 3. The van der Waals surface area contributed by atoms with Gasteiger partial charge in [-0.1, -0.05) is 13.0 Å². The van der Waals surface area contributed by atoms with Gasteiger partial charge in [-0.15, -0.1) is 6.58 Å². The van der Waals surface area contributed by atoms with Crippen LogP contribution in [0, 0.1) is 0 Å². The second kappa shape index (κ2) is 7.99. The molecule has 5 nitrogen and oxygen atoms in total. The zero-order valence-corrected chi connectivity index (χ0v) is 11.9. The highest BCUT2D eigenvalue weighted by Gasteiger charge is 2.11. The van der Waals surface area contributed by atoms with E-state index >= 15 is 0 Å². The molecule has 3 N–H and O–H groups in total. The third kappa shape index (κ3) is 5.14. The van der Waals surface area contributed by atoms with Crippen LogP contribution in [0.4, 0.5) is 11.4 Å². The Hall–Kier alpha value is -2.30. The molecule has 0 aliphatic carbocycles. The highest BCUT2D eigenvalue weighted by Crippen LogP contribution is 2.14. The van der Waals surface area contributed by atoms with Crippen LogP contribution in [-0.2, 0) is 9.59 Å². The van der Waals surface area contributed by atoms with E-state index in [1.54, 1.807) is 32.1 Å². The van der Waals surface area contributed by atoms with Crippen molar-refractivity contribution >= 4 is 23.2 Å². The van der Waals surface area contributed by atoms with Crippen LogP contribution < -0.4 is 16.0 Å². The molecule has 0 bridgehead atoms. The molecule has 0 spiro atoms. The second-order valence-electron chi connectivity index (χ2n) is 4.38. The van der Waals surface area contributed by atoms with E-state index in [4.69, 9.17) is 0 Å². The van der Waals surface area contributed by atoms with Crippen LogP contribution in [0.1, 0.15) is 20.3 Å². The molecule has 5 heteroatoms. The van der Waals surface area contributed by atoms with Crippen molar-refractivity contribution in [2.75, 3.05) is 17.2 Å². The van der Waals surface area contributed by atoms with Gasteiger partial charge in [-0.05, 0) is 31.2 Å². The van der Waals surface area contributed by atoms with Crippen molar-refractivity contribution in [3.63, 3.8) is 0 Å². The van der Waals surface area contributed by atoms with Gasteiger partial charge in [-0.3, -0.25) is 9.59 Å². The van der Waals surface area contributed by atoms with E-state index < -0.39 is 0 Å². The van der Waals surface area contributed by atoms with Gasteiger partial charge < -0.3 is 16.0 Å². The normalized spacial score (nSPS) is 11.3. The Morgan fingerprint density at radius 2 is 1.85 bits per heavy atom. The van der Waals surface area contributed by atoms with Gasteiger partial charge in [0.15, 0.2) is 0 Å². The standard InChI is InChI=1S/C15H21N3O2/c1-4-10-16-15(20)11(3)17-12-6-8-13(9-7-12)18-14(19)5-2/h4,6-9,11,17H,1,5,10H2,2-3H3,(H,16,20)(H,18,19)/t11-/m0/s1. The van der Waals surface area contributed by atoms with E-state index in [9.17, 15) is 9.59 Å². The largest absolute Gasteiger partial charge is 0.374 e. The van der Waals surface area contributed by atoms with Gasteiger partial charge >= 0.3 is 0 Å². The molecular formula is C15H21N3O2. The summed E-state index contributed by atoms with van der Waals surface area (Å²) in [5, 5.41) is 8.57. The maximum absolute atomic E-state index is 11.7. The monoisotopic (exact) mass is 275 g/mol. The summed E-state index contributed by atoms with van der Waals surface area (Å²) >= 11 is 0. The quantitative estimate of drug-likeness (QED) is 0.668. The molecule has 108 valence electrons. The fourth-order valence-corrected chi connectivity index (χ4v) is 1.54. The summed E-state index contributed by atoms with van der Waals surface area (Å²) in [6.07, 6.45) is 2.08. The fourth-order valence-electron chi connectivity index (χ4n) is 1.54. The first-order chi connectivity index (χ1) is 9.56. The van der Waals surface area contributed by atoms with Crippen LogP contribution >= 0.6 is 0 Å². The number of carbonyl (C=O) groups excluding carboxylic acids is 2. The Labute approximate surface area is 119 Å². The third-order valence-electron chi connectivity index (χ3n) is 2.69. The molecule has 0 saturated heterocycles. The van der Waals surface area contributed by atoms with Crippen molar-refractivity contribution in [2.45, 2.75) is 26.3 Å². The topological polar surface area (TPSA) is 70.2 Å². The maximum atomic E-state index is 11.7. The summed E-state index contributed by atoms with van der Waals surface area (Å²) in [4.78, 5) is 22.9. The summed E-state index contributed by atoms with van der Waals surface area (Å²) in [6.45, 7) is 7.58. The Morgan fingerprint density at radius 3 is 2.40 bits per heavy atom. The molecule has 0 unspecified atom stereocenters. The molecule has 0 fully saturated rings. The molecule has 0 aliphatic rings. The van der Waals surface area contributed by atoms with E-state index in [0.717, 1.165) is 11.4 Å². The molecule has 0 aliphatic heterocycles. The lowest BCUT2D eigenvalue weighted by Crippen LogP contribution is -2.37. The molecule has 0 radical (unpaired) electrons. The lowest BCUT2D eigenvalue weighted by atomic mass is 10.2. The van der Waals surface area contributed by atoms with Gasteiger partial charge in [0.1, 0.15) is 6.04 Å². The molecule has 0 heterocycles. The first kappa shape index (κ1) is 15.8. The number of amides is 2. The average molecular weight is 275 g/mol. The van der Waals surface area contributed by atoms with Gasteiger partial charge in [0.05, 0.1) is 0 Å². The Kier molecular flexibility index (Phi) is 6.29. The van der Waals surface area contributed by atoms with Crippen LogP contribution in [0.2, 0.25) is 0 Å². The van der Waals surface area contributed by atoms with Crippen LogP contribution in [0.5, 0.6) is 0 Å². The van der Waals surface area contributed by atoms with Crippen LogP contribution in [0.15, 0.2) is 36.9 Å². The van der Waals surface area contributed by atoms with Crippen molar-refractivity contribution in [1.82, 2.24) is 5.32 Å². The summed E-state index contributed by atoms with van der Waals surface area (Å²) in [7, 11) is 0. The molecule has 2 amide bonds. The molecule has 1 aromatic carbocycles. The molecule has 1 atom stereocenters. The molecule has 0 saturated carbocycles. The zero-order valence-electron chi connectivity index (χ0n) is 11.9. The van der Waals surface area contributed by atoms with Gasteiger partial charge in [0.25, 0.3) is 0 Å². The molecule has 1 aromatic rings. The lowest BCUT2D eigenvalue weighted by Gasteiger charge is -2.15. The number of anilines is 2. The highest BCUT2D eigenvalue weighted by atomic mass is 16.2. The van der Waals surface area contributed by atoms with Gasteiger partial charge in [0.2, 0.25) is 11.8 Å². The van der Waals surface area contributed by atoms with E-state index in [1.165, 1.54) is 0 Å². The zero-order chi connectivity index (χ0) is 15.0. The van der Waals surface area contributed by atoms with Crippen molar-refractivity contribution < 1.29 is 9.59 Å². The summed E-state index contributed by atoms with van der Waals surface area (Å²) in [5.41, 5.74) is 1.56. The van der Waals surface area contributed by atoms with Crippen molar-refractivity contribution in [2.24, 2.45) is 0 Å². The third-order valence-corrected chi connectivity index (χ3v) is 2.69. The predicted octanol–water partition coefficient (Wildman–Crippen LogP) is 2.14. The predicted molar refractivity (Wildman–Crippen MR) is 81.7 cm³/mol. The van der Waals surface area contributed by atoms with E-state index in [1.807, 2.05) is 12.1 Å². The Balaban J connectivity index is 2.54. The number of hydrogen-bond donors (Lipinski definition) is 3. The fraction of sp³-hybridized carbons (Fsp3) is 0.333. The maximum Gasteiger partial charge on any atom is 0.242 e. The minimum atomic E-state index is -0.342. The minimum Gasteiger partial charge on any atom is -0.374 e. The van der Waals surface area contributed by atoms with Crippen LogP contribution in [0.3, 0.4) is 0 Å². The minimum absolute atomic E-state index is 0.0251. The second-order valence-corrected chi connectivity index (χ2v) is 4.38. The molecule has 0 aromatic heterocycles. The molecular weight excluding hydrogens is 254 g/mol. The van der Waals surface area contributed by atoms with Crippen molar-refractivity contribution in [1.29, 1.82) is 0 Å². The van der Waals surface area contributed by atoms with E-state index in [-0.39, 0.29) is 17.9 Å². The summed E-state index contributed by atoms with van der Waals surface area (Å²) in [6, 6.07) is 6.89. The van der Waals surface area contributed by atoms with Crippen molar-refractivity contribution in [3.8, 4) is 0 Å².